The lowest BCUT2D eigenvalue weighted by Crippen LogP contribution is -2.53. The van der Waals surface area contributed by atoms with Crippen molar-refractivity contribution in [2.45, 2.75) is 25.9 Å². The summed E-state index contributed by atoms with van der Waals surface area (Å²) in [5.74, 6) is -0.860. The number of anilines is 1. The molecule has 1 heterocycles. The minimum atomic E-state index is -0.815. The van der Waals surface area contributed by atoms with E-state index in [1.54, 1.807) is 24.3 Å². The van der Waals surface area contributed by atoms with Crippen molar-refractivity contribution in [3.8, 4) is 0 Å². The quantitative estimate of drug-likeness (QED) is 0.278. The van der Waals surface area contributed by atoms with Gasteiger partial charge in [0.1, 0.15) is 12.6 Å². The second kappa shape index (κ2) is 11.5. The van der Waals surface area contributed by atoms with Crippen molar-refractivity contribution in [1.29, 1.82) is 0 Å². The van der Waals surface area contributed by atoms with Gasteiger partial charge in [-0.1, -0.05) is 83.9 Å². The van der Waals surface area contributed by atoms with Gasteiger partial charge in [0.25, 0.3) is 5.91 Å². The first-order valence-electron chi connectivity index (χ1n) is 12.8. The Balaban J connectivity index is 1.52. The van der Waals surface area contributed by atoms with Gasteiger partial charge in [0, 0.05) is 30.5 Å². The highest BCUT2D eigenvalue weighted by Gasteiger charge is 2.35. The lowest BCUT2D eigenvalue weighted by molar-refractivity contribution is -0.140. The number of hydrogen-bond acceptors (Lipinski definition) is 3. The van der Waals surface area contributed by atoms with Crippen LogP contribution in [0.5, 0.6) is 0 Å². The van der Waals surface area contributed by atoms with Crippen LogP contribution in [0, 0.1) is 0 Å². The molecule has 0 saturated heterocycles. The number of carbonyl (C=O) groups is 3. The first-order chi connectivity index (χ1) is 18.9. The summed E-state index contributed by atoms with van der Waals surface area (Å²) in [6, 6.07) is 25.1. The van der Waals surface area contributed by atoms with Gasteiger partial charge in [-0.2, -0.15) is 0 Å². The van der Waals surface area contributed by atoms with E-state index in [0.717, 1.165) is 21.9 Å². The number of rotatable bonds is 9. The van der Waals surface area contributed by atoms with Gasteiger partial charge >= 0.3 is 0 Å². The van der Waals surface area contributed by atoms with Crippen LogP contribution < -0.4 is 10.2 Å². The van der Waals surface area contributed by atoms with E-state index in [0.29, 0.717) is 34.3 Å². The van der Waals surface area contributed by atoms with Gasteiger partial charge in [0.05, 0.1) is 15.7 Å². The van der Waals surface area contributed by atoms with Crippen molar-refractivity contribution >= 4 is 57.4 Å². The fraction of sp³-hybridized carbons (Fsp3) is 0.194. The van der Waals surface area contributed by atoms with Gasteiger partial charge < -0.3 is 10.2 Å². The van der Waals surface area contributed by atoms with Crippen LogP contribution >= 0.6 is 23.2 Å². The molecule has 0 unspecified atom stereocenters. The van der Waals surface area contributed by atoms with Crippen molar-refractivity contribution in [3.05, 3.63) is 112 Å². The summed E-state index contributed by atoms with van der Waals surface area (Å²) in [6.07, 6.45) is 0.309. The second-order valence-corrected chi connectivity index (χ2v) is 10.3. The molecule has 1 aliphatic heterocycles. The molecule has 39 heavy (non-hydrogen) atoms. The molecule has 1 N–H and O–H groups in total. The zero-order chi connectivity index (χ0) is 27.5. The fourth-order valence-corrected chi connectivity index (χ4v) is 5.36. The van der Waals surface area contributed by atoms with Gasteiger partial charge in [-0.15, -0.1) is 0 Å². The monoisotopic (exact) mass is 559 g/mol. The first-order valence-corrected chi connectivity index (χ1v) is 13.5. The summed E-state index contributed by atoms with van der Waals surface area (Å²) in [4.78, 5) is 44.0. The molecule has 0 fully saturated rings. The van der Waals surface area contributed by atoms with Crippen LogP contribution in [-0.4, -0.2) is 41.8 Å². The van der Waals surface area contributed by atoms with Gasteiger partial charge in [-0.3, -0.25) is 19.3 Å². The van der Waals surface area contributed by atoms with E-state index in [1.807, 2.05) is 67.6 Å². The van der Waals surface area contributed by atoms with Crippen LogP contribution in [0.2, 0.25) is 10.0 Å². The number of benzene rings is 4. The van der Waals surface area contributed by atoms with Gasteiger partial charge in [0.2, 0.25) is 11.8 Å². The van der Waals surface area contributed by atoms with Crippen LogP contribution in [0.3, 0.4) is 0 Å². The summed E-state index contributed by atoms with van der Waals surface area (Å²) in [7, 11) is 0. The zero-order valence-corrected chi connectivity index (χ0v) is 22.9. The summed E-state index contributed by atoms with van der Waals surface area (Å²) in [6.45, 7) is 2.16. The normalized spacial score (nSPS) is 13.0. The molecule has 3 amide bonds. The molecule has 0 saturated carbocycles. The molecular formula is C31H27Cl2N3O3. The molecule has 0 aromatic heterocycles. The number of carbonyl (C=O) groups excluding carboxylic acids is 3. The number of nitrogens with zero attached hydrogens (tertiary/aromatic N) is 2. The van der Waals surface area contributed by atoms with Crippen molar-refractivity contribution in [2.24, 2.45) is 0 Å². The van der Waals surface area contributed by atoms with Gasteiger partial charge in [-0.05, 0) is 47.7 Å². The zero-order valence-electron chi connectivity index (χ0n) is 21.4. The molecule has 8 heteroatoms. The predicted octanol–water partition coefficient (Wildman–Crippen LogP) is 5.88. The maximum absolute atomic E-state index is 14.1. The molecule has 4 aromatic rings. The minimum absolute atomic E-state index is 0.115. The Bertz CT molecular complexity index is 1550. The molecule has 0 radical (unpaired) electrons. The molecule has 6 nitrogen and oxygen atoms in total. The van der Waals surface area contributed by atoms with E-state index in [1.165, 1.54) is 9.80 Å². The Morgan fingerprint density at radius 2 is 1.64 bits per heavy atom. The molecule has 0 bridgehead atoms. The Morgan fingerprint density at radius 3 is 2.36 bits per heavy atom. The van der Waals surface area contributed by atoms with Crippen LogP contribution in [-0.2, 0) is 22.6 Å². The number of amides is 3. The van der Waals surface area contributed by atoms with E-state index < -0.39 is 6.04 Å². The summed E-state index contributed by atoms with van der Waals surface area (Å²) in [5, 5.41) is 5.40. The lowest BCUT2D eigenvalue weighted by Gasteiger charge is -2.33. The summed E-state index contributed by atoms with van der Waals surface area (Å²) in [5.41, 5.74) is 2.89. The molecule has 0 spiro atoms. The fourth-order valence-electron chi connectivity index (χ4n) is 5.04. The third kappa shape index (κ3) is 5.49. The van der Waals surface area contributed by atoms with E-state index >= 15 is 0 Å². The molecule has 5 rings (SSSR count). The SMILES string of the molecule is CCNC(=O)[C@H](Cc1ccccc1)N(Cc1ccc(Cl)c(Cl)c1)C(=O)CN1C(=O)c2cccc3cccc1c23. The number of hydrogen-bond donors (Lipinski definition) is 1. The average molecular weight is 560 g/mol. The Kier molecular flexibility index (Phi) is 7.87. The lowest BCUT2D eigenvalue weighted by atomic mass is 10.0. The average Bonchev–Trinajstić information content (AvgIpc) is 3.21. The third-order valence-electron chi connectivity index (χ3n) is 6.90. The number of likely N-dealkylation sites (N-methyl/N-ethyl adjacent to an activating group) is 1. The Labute approximate surface area is 237 Å². The van der Waals surface area contributed by atoms with Crippen LogP contribution in [0.4, 0.5) is 5.69 Å². The van der Waals surface area contributed by atoms with Crippen LogP contribution in [0.1, 0.15) is 28.4 Å². The molecule has 1 aliphatic rings. The standard InChI is InChI=1S/C31H27Cl2N3O3/c1-2-34-30(38)27(17-20-8-4-3-5-9-20)35(18-21-14-15-24(32)25(33)16-21)28(37)19-36-26-13-7-11-22-10-6-12-23(29(22)26)31(36)39/h3-16,27H,2,17-19H2,1H3,(H,34,38)/t27-/m0/s1. The van der Waals surface area contributed by atoms with Crippen molar-refractivity contribution in [1.82, 2.24) is 10.2 Å². The topological polar surface area (TPSA) is 69.7 Å². The molecule has 0 aliphatic carbocycles. The summed E-state index contributed by atoms with van der Waals surface area (Å²) < 4.78 is 0. The van der Waals surface area contributed by atoms with Gasteiger partial charge in [-0.25, -0.2) is 0 Å². The highest BCUT2D eigenvalue weighted by Crippen LogP contribution is 2.37. The second-order valence-electron chi connectivity index (χ2n) is 9.44. The third-order valence-corrected chi connectivity index (χ3v) is 7.64. The van der Waals surface area contributed by atoms with Crippen molar-refractivity contribution in [3.63, 3.8) is 0 Å². The minimum Gasteiger partial charge on any atom is -0.355 e. The Morgan fingerprint density at radius 1 is 0.897 bits per heavy atom. The van der Waals surface area contributed by atoms with E-state index in [9.17, 15) is 14.4 Å². The van der Waals surface area contributed by atoms with Crippen LogP contribution in [0.25, 0.3) is 10.8 Å². The highest BCUT2D eigenvalue weighted by molar-refractivity contribution is 6.42. The summed E-state index contributed by atoms with van der Waals surface area (Å²) >= 11 is 12.4. The van der Waals surface area contributed by atoms with Crippen LogP contribution in [0.15, 0.2) is 84.9 Å². The maximum Gasteiger partial charge on any atom is 0.259 e. The largest absolute Gasteiger partial charge is 0.355 e. The predicted molar refractivity (Wildman–Crippen MR) is 155 cm³/mol. The maximum atomic E-state index is 14.1. The smallest absolute Gasteiger partial charge is 0.259 e. The molecule has 1 atom stereocenters. The first kappa shape index (κ1) is 26.7. The van der Waals surface area contributed by atoms with E-state index in [4.69, 9.17) is 23.2 Å². The Hall–Kier alpha value is -3.87. The van der Waals surface area contributed by atoms with Crippen molar-refractivity contribution < 1.29 is 14.4 Å². The molecule has 4 aromatic carbocycles. The number of nitrogens with one attached hydrogen (secondary N) is 1. The van der Waals surface area contributed by atoms with E-state index in [-0.39, 0.29) is 30.8 Å². The van der Waals surface area contributed by atoms with Gasteiger partial charge in [0.15, 0.2) is 0 Å². The number of halogens is 2. The molecule has 198 valence electrons. The van der Waals surface area contributed by atoms with Crippen molar-refractivity contribution in [2.75, 3.05) is 18.0 Å². The van der Waals surface area contributed by atoms with E-state index in [2.05, 4.69) is 5.32 Å². The molecular weight excluding hydrogens is 533 g/mol. The highest BCUT2D eigenvalue weighted by atomic mass is 35.5.